The topological polar surface area (TPSA) is 29.5 Å². The first-order chi connectivity index (χ1) is 8.47. The number of rotatable bonds is 0. The van der Waals surface area contributed by atoms with E-state index in [1.165, 1.54) is 24.8 Å². The summed E-state index contributed by atoms with van der Waals surface area (Å²) in [6, 6.07) is 5.61. The van der Waals surface area contributed by atoms with Crippen molar-refractivity contribution in [1.82, 2.24) is 0 Å². The molecule has 2 heteroatoms. The highest BCUT2D eigenvalue weighted by atomic mass is 16.5. The monoisotopic (exact) mass is 246 g/mol. The summed E-state index contributed by atoms with van der Waals surface area (Å²) in [6.07, 6.45) is 3.80. The van der Waals surface area contributed by atoms with E-state index in [1.807, 2.05) is 0 Å². The lowest BCUT2D eigenvalue weighted by molar-refractivity contribution is -0.0137. The van der Waals surface area contributed by atoms with Crippen molar-refractivity contribution in [2.45, 2.75) is 51.6 Å². The molecule has 1 N–H and O–H groups in total. The molecule has 0 spiro atoms. The number of hydrogen-bond acceptors (Lipinski definition) is 2. The van der Waals surface area contributed by atoms with Gasteiger partial charge >= 0.3 is 0 Å². The van der Waals surface area contributed by atoms with Crippen LogP contribution in [-0.4, -0.2) is 10.7 Å². The van der Waals surface area contributed by atoms with Crippen LogP contribution in [0.2, 0.25) is 0 Å². The maximum Gasteiger partial charge on any atom is 0.127 e. The highest BCUT2D eigenvalue weighted by Crippen LogP contribution is 2.53. The molecular weight excluding hydrogens is 224 g/mol. The second-order valence-corrected chi connectivity index (χ2v) is 6.56. The van der Waals surface area contributed by atoms with Crippen LogP contribution in [0.5, 0.6) is 11.5 Å². The van der Waals surface area contributed by atoms with E-state index in [9.17, 15) is 5.11 Å². The molecule has 98 valence electrons. The molecule has 0 aromatic heterocycles. The second kappa shape index (κ2) is 3.91. The number of hydrogen-bond donors (Lipinski definition) is 1. The van der Waals surface area contributed by atoms with Gasteiger partial charge in [0.1, 0.15) is 17.1 Å². The zero-order valence-electron chi connectivity index (χ0n) is 11.4. The maximum atomic E-state index is 9.63. The number of ether oxygens (including phenoxy) is 1. The quantitative estimate of drug-likeness (QED) is 0.747. The highest BCUT2D eigenvalue weighted by Gasteiger charge is 2.45. The molecule has 1 aliphatic carbocycles. The van der Waals surface area contributed by atoms with Gasteiger partial charge in [-0.15, -0.1) is 0 Å². The molecule has 1 heterocycles. The Kier molecular flexibility index (Phi) is 2.58. The molecule has 1 saturated carbocycles. The fourth-order valence-electron chi connectivity index (χ4n) is 3.83. The highest BCUT2D eigenvalue weighted by molar-refractivity contribution is 5.45. The number of benzene rings is 1. The van der Waals surface area contributed by atoms with Crippen LogP contribution in [0.15, 0.2) is 18.2 Å². The minimum Gasteiger partial charge on any atom is -0.508 e. The van der Waals surface area contributed by atoms with E-state index in [0.717, 1.165) is 11.7 Å². The molecule has 3 atom stereocenters. The van der Waals surface area contributed by atoms with Crippen LogP contribution in [0.1, 0.15) is 51.5 Å². The Bertz CT molecular complexity index is 464. The van der Waals surface area contributed by atoms with E-state index in [4.69, 9.17) is 4.74 Å². The predicted molar refractivity (Wildman–Crippen MR) is 72.1 cm³/mol. The Balaban J connectivity index is 2.06. The average molecular weight is 246 g/mol. The number of phenols is 1. The molecule has 3 rings (SSSR count). The van der Waals surface area contributed by atoms with Crippen LogP contribution < -0.4 is 4.74 Å². The van der Waals surface area contributed by atoms with Crippen molar-refractivity contribution in [3.05, 3.63) is 23.8 Å². The van der Waals surface area contributed by atoms with Crippen molar-refractivity contribution in [1.29, 1.82) is 0 Å². The van der Waals surface area contributed by atoms with Crippen LogP contribution in [-0.2, 0) is 0 Å². The lowest BCUT2D eigenvalue weighted by atomic mass is 9.64. The first kappa shape index (κ1) is 11.9. The van der Waals surface area contributed by atoms with Gasteiger partial charge in [0.25, 0.3) is 0 Å². The SMILES string of the molecule is CC1CCC2C(C1)c1ccc(O)cc1OC2(C)C. The summed E-state index contributed by atoms with van der Waals surface area (Å²) in [6.45, 7) is 6.72. The fourth-order valence-corrected chi connectivity index (χ4v) is 3.83. The van der Waals surface area contributed by atoms with E-state index in [-0.39, 0.29) is 5.60 Å². The molecule has 1 fully saturated rings. The molecule has 0 amide bonds. The Labute approximate surface area is 109 Å². The molecule has 3 unspecified atom stereocenters. The first-order valence-electron chi connectivity index (χ1n) is 6.99. The van der Waals surface area contributed by atoms with Crippen molar-refractivity contribution in [2.75, 3.05) is 0 Å². The number of fused-ring (bicyclic) bond motifs is 3. The van der Waals surface area contributed by atoms with Gasteiger partial charge < -0.3 is 9.84 Å². The molecule has 1 aromatic carbocycles. The molecular formula is C16H22O2. The largest absolute Gasteiger partial charge is 0.508 e. The maximum absolute atomic E-state index is 9.63. The Morgan fingerprint density at radius 1 is 1.28 bits per heavy atom. The van der Waals surface area contributed by atoms with Crippen LogP contribution in [0.25, 0.3) is 0 Å². The van der Waals surface area contributed by atoms with Crippen molar-refractivity contribution in [3.8, 4) is 11.5 Å². The zero-order valence-corrected chi connectivity index (χ0v) is 11.4. The van der Waals surface area contributed by atoms with Gasteiger partial charge in [0, 0.05) is 12.0 Å². The number of aromatic hydroxyl groups is 1. The third-order valence-corrected chi connectivity index (χ3v) is 4.78. The van der Waals surface area contributed by atoms with E-state index < -0.39 is 0 Å². The summed E-state index contributed by atoms with van der Waals surface area (Å²) < 4.78 is 6.14. The lowest BCUT2D eigenvalue weighted by Crippen LogP contribution is -2.46. The molecule has 1 aromatic rings. The second-order valence-electron chi connectivity index (χ2n) is 6.56. The Morgan fingerprint density at radius 2 is 2.06 bits per heavy atom. The zero-order chi connectivity index (χ0) is 12.9. The van der Waals surface area contributed by atoms with Crippen LogP contribution in [0, 0.1) is 11.8 Å². The summed E-state index contributed by atoms with van der Waals surface area (Å²) in [5.74, 6) is 3.17. The van der Waals surface area contributed by atoms with Gasteiger partial charge in [0.05, 0.1) is 0 Å². The van der Waals surface area contributed by atoms with Crippen molar-refractivity contribution in [3.63, 3.8) is 0 Å². The Hall–Kier alpha value is -1.18. The number of phenolic OH excluding ortho intramolecular Hbond substituents is 1. The summed E-state index contributed by atoms with van der Waals surface area (Å²) in [4.78, 5) is 0. The van der Waals surface area contributed by atoms with E-state index in [0.29, 0.717) is 17.6 Å². The van der Waals surface area contributed by atoms with Crippen LogP contribution in [0.4, 0.5) is 0 Å². The summed E-state index contributed by atoms with van der Waals surface area (Å²) >= 11 is 0. The smallest absolute Gasteiger partial charge is 0.127 e. The van der Waals surface area contributed by atoms with Gasteiger partial charge in [0.2, 0.25) is 0 Å². The molecule has 0 radical (unpaired) electrons. The third-order valence-electron chi connectivity index (χ3n) is 4.78. The minimum atomic E-state index is -0.119. The van der Waals surface area contributed by atoms with Crippen molar-refractivity contribution in [2.24, 2.45) is 11.8 Å². The summed E-state index contributed by atoms with van der Waals surface area (Å²) in [7, 11) is 0. The lowest BCUT2D eigenvalue weighted by Gasteiger charge is -2.48. The van der Waals surface area contributed by atoms with Gasteiger partial charge in [-0.3, -0.25) is 0 Å². The van der Waals surface area contributed by atoms with Gasteiger partial charge in [-0.1, -0.05) is 19.4 Å². The molecule has 18 heavy (non-hydrogen) atoms. The molecule has 2 aliphatic rings. The van der Waals surface area contributed by atoms with Crippen LogP contribution in [0.3, 0.4) is 0 Å². The predicted octanol–water partition coefficient (Wildman–Crippen LogP) is 4.08. The van der Waals surface area contributed by atoms with E-state index in [2.05, 4.69) is 26.8 Å². The van der Waals surface area contributed by atoms with Crippen LogP contribution >= 0.6 is 0 Å². The summed E-state index contributed by atoms with van der Waals surface area (Å²) in [5.41, 5.74) is 1.18. The normalized spacial score (nSPS) is 33.2. The minimum absolute atomic E-state index is 0.119. The van der Waals surface area contributed by atoms with Gasteiger partial charge in [-0.2, -0.15) is 0 Å². The standard InChI is InChI=1S/C16H22O2/c1-10-4-7-14-13(8-10)12-6-5-11(17)9-15(12)18-16(14,2)3/h5-6,9-10,13-14,17H,4,7-8H2,1-3H3. The van der Waals surface area contributed by atoms with Crippen molar-refractivity contribution < 1.29 is 9.84 Å². The third kappa shape index (κ3) is 1.79. The Morgan fingerprint density at radius 3 is 2.83 bits per heavy atom. The fraction of sp³-hybridized carbons (Fsp3) is 0.625. The molecule has 0 bridgehead atoms. The average Bonchev–Trinajstić information content (AvgIpc) is 2.27. The molecule has 2 nitrogen and oxygen atoms in total. The summed E-state index contributed by atoms with van der Waals surface area (Å²) in [5, 5.41) is 9.63. The molecule has 1 aliphatic heterocycles. The van der Waals surface area contributed by atoms with Crippen molar-refractivity contribution >= 4 is 0 Å². The van der Waals surface area contributed by atoms with E-state index in [1.54, 1.807) is 12.1 Å². The van der Waals surface area contributed by atoms with Gasteiger partial charge in [-0.05, 0) is 50.2 Å². The van der Waals surface area contributed by atoms with Gasteiger partial charge in [-0.25, -0.2) is 0 Å². The van der Waals surface area contributed by atoms with E-state index >= 15 is 0 Å². The first-order valence-corrected chi connectivity index (χ1v) is 6.99. The van der Waals surface area contributed by atoms with Gasteiger partial charge in [0.15, 0.2) is 0 Å². The molecule has 0 saturated heterocycles.